The van der Waals surface area contributed by atoms with Gasteiger partial charge in [-0.3, -0.25) is 0 Å². The van der Waals surface area contributed by atoms with Crippen LogP contribution in [0.3, 0.4) is 0 Å². The molecule has 0 saturated heterocycles. The summed E-state index contributed by atoms with van der Waals surface area (Å²) >= 11 is 0. The number of hydrogen-bond donors (Lipinski definition) is 0. The van der Waals surface area contributed by atoms with E-state index in [-0.39, 0.29) is 0 Å². The Hall–Kier alpha value is -2.82. The molecule has 2 aromatic carbocycles. The van der Waals surface area contributed by atoms with Crippen molar-refractivity contribution in [1.29, 1.82) is 0 Å². The molecule has 1 atom stereocenters. The van der Waals surface area contributed by atoms with Gasteiger partial charge in [0.05, 0.1) is 12.8 Å². The van der Waals surface area contributed by atoms with Gasteiger partial charge in [-0.15, -0.1) is 0 Å². The molecule has 0 fully saturated rings. The fourth-order valence-corrected chi connectivity index (χ4v) is 2.54. The molecule has 0 aromatic heterocycles. The molecule has 2 aromatic rings. The number of benzene rings is 2. The number of methoxy groups -OCH3 is 1. The molecule has 5 nitrogen and oxygen atoms in total. The predicted octanol–water partition coefficient (Wildman–Crippen LogP) is 2.88. The van der Waals surface area contributed by atoms with Crippen LogP contribution in [0.5, 0.6) is 0 Å². The molecule has 0 bridgehead atoms. The van der Waals surface area contributed by atoms with Crippen molar-refractivity contribution in [1.82, 2.24) is 0 Å². The molecule has 0 saturated carbocycles. The van der Waals surface area contributed by atoms with E-state index in [0.717, 1.165) is 5.69 Å². The molecule has 0 amide bonds. The highest BCUT2D eigenvalue weighted by Crippen LogP contribution is 2.40. The van der Waals surface area contributed by atoms with Crippen LogP contribution in [-0.4, -0.2) is 19.0 Å². The van der Waals surface area contributed by atoms with Crippen molar-refractivity contribution in [2.24, 2.45) is 4.99 Å². The van der Waals surface area contributed by atoms with Gasteiger partial charge in [0.1, 0.15) is 0 Å². The van der Waals surface area contributed by atoms with Crippen LogP contribution >= 0.6 is 0 Å². The smallest absolute Gasteiger partial charge is 0.363 e. The van der Waals surface area contributed by atoms with Crippen LogP contribution in [0, 0.1) is 0 Å². The zero-order valence-electron chi connectivity index (χ0n) is 12.4. The summed E-state index contributed by atoms with van der Waals surface area (Å²) in [6, 6.07) is 18.6. The number of aliphatic imine (C=N–C) groups is 1. The predicted molar refractivity (Wildman–Crippen MR) is 83.3 cm³/mol. The van der Waals surface area contributed by atoms with Gasteiger partial charge in [0.15, 0.2) is 0 Å². The Morgan fingerprint density at radius 3 is 2.27 bits per heavy atom. The van der Waals surface area contributed by atoms with Crippen molar-refractivity contribution in [3.63, 3.8) is 0 Å². The lowest BCUT2D eigenvalue weighted by Gasteiger charge is -2.32. The first-order chi connectivity index (χ1) is 10.7. The molecular formula is C17H16N2O3. The average Bonchev–Trinajstić information content (AvgIpc) is 2.94. The van der Waals surface area contributed by atoms with Crippen LogP contribution in [0.1, 0.15) is 12.5 Å². The minimum absolute atomic E-state index is 0.401. The van der Waals surface area contributed by atoms with Gasteiger partial charge < -0.3 is 9.57 Å². The summed E-state index contributed by atoms with van der Waals surface area (Å²) in [5.41, 5.74) is 0.0291. The number of hydrogen-bond acceptors (Lipinski definition) is 5. The third kappa shape index (κ3) is 2.11. The van der Waals surface area contributed by atoms with E-state index in [1.807, 2.05) is 60.7 Å². The van der Waals surface area contributed by atoms with Crippen LogP contribution in [0.2, 0.25) is 0 Å². The summed E-state index contributed by atoms with van der Waals surface area (Å²) in [5, 5.41) is 1.49. The molecule has 1 aliphatic heterocycles. The van der Waals surface area contributed by atoms with Crippen molar-refractivity contribution in [2.45, 2.75) is 12.6 Å². The molecule has 112 valence electrons. The summed E-state index contributed by atoms with van der Waals surface area (Å²) < 4.78 is 5.02. The van der Waals surface area contributed by atoms with Gasteiger partial charge in [0.25, 0.3) is 5.66 Å². The number of hydroxylamine groups is 1. The van der Waals surface area contributed by atoms with Gasteiger partial charge in [-0.2, -0.15) is 5.06 Å². The minimum Gasteiger partial charge on any atom is -0.465 e. The van der Waals surface area contributed by atoms with E-state index in [4.69, 9.17) is 9.57 Å². The van der Waals surface area contributed by atoms with Gasteiger partial charge in [0.2, 0.25) is 5.90 Å². The van der Waals surface area contributed by atoms with Crippen molar-refractivity contribution in [2.75, 3.05) is 12.2 Å². The van der Waals surface area contributed by atoms with Gasteiger partial charge >= 0.3 is 5.97 Å². The minimum atomic E-state index is -1.37. The Labute approximate surface area is 128 Å². The van der Waals surface area contributed by atoms with Gasteiger partial charge in [-0.25, -0.2) is 9.79 Å². The first-order valence-corrected chi connectivity index (χ1v) is 6.92. The van der Waals surface area contributed by atoms with Crippen molar-refractivity contribution in [3.05, 3.63) is 66.2 Å². The average molecular weight is 296 g/mol. The molecule has 3 rings (SSSR count). The quantitative estimate of drug-likeness (QED) is 0.817. The van der Waals surface area contributed by atoms with E-state index in [2.05, 4.69) is 4.99 Å². The number of carbonyl (C=O) groups is 1. The first kappa shape index (κ1) is 14.1. The summed E-state index contributed by atoms with van der Waals surface area (Å²) in [7, 11) is 1.35. The summed E-state index contributed by atoms with van der Waals surface area (Å²) in [4.78, 5) is 22.8. The molecule has 1 aliphatic rings. The second-order valence-corrected chi connectivity index (χ2v) is 4.88. The van der Waals surface area contributed by atoms with Crippen LogP contribution in [-0.2, 0) is 20.0 Å². The van der Waals surface area contributed by atoms with Crippen molar-refractivity contribution in [3.8, 4) is 0 Å². The second kappa shape index (κ2) is 5.52. The molecule has 0 spiro atoms. The highest BCUT2D eigenvalue weighted by molar-refractivity contribution is 5.92. The van der Waals surface area contributed by atoms with E-state index < -0.39 is 11.6 Å². The SMILES string of the molecule is COC(=O)C1(c2ccccc2)N=C(C)ON1c1ccccc1. The maximum absolute atomic E-state index is 12.6. The van der Waals surface area contributed by atoms with Crippen molar-refractivity contribution < 1.29 is 14.4 Å². The molecule has 0 radical (unpaired) electrons. The number of carbonyl (C=O) groups excluding carboxylic acids is 1. The third-order valence-corrected chi connectivity index (χ3v) is 3.47. The van der Waals surface area contributed by atoms with Crippen LogP contribution in [0.25, 0.3) is 0 Å². The standard InChI is InChI=1S/C17H16N2O3/c1-13-18-17(16(20)21-2,14-9-5-3-6-10-14)19(22-13)15-11-7-4-8-12-15/h3-12H,1-2H3. The number of rotatable bonds is 3. The van der Waals surface area contributed by atoms with E-state index in [1.54, 1.807) is 6.92 Å². The number of para-hydroxylation sites is 1. The van der Waals surface area contributed by atoms with Crippen LogP contribution < -0.4 is 5.06 Å². The zero-order valence-corrected chi connectivity index (χ0v) is 12.4. The number of esters is 1. The maximum atomic E-state index is 12.6. The van der Waals surface area contributed by atoms with Gasteiger partial charge in [-0.1, -0.05) is 48.5 Å². The summed E-state index contributed by atoms with van der Waals surface area (Å²) in [6.45, 7) is 1.71. The van der Waals surface area contributed by atoms with E-state index >= 15 is 0 Å². The molecule has 5 heteroatoms. The molecule has 1 unspecified atom stereocenters. The lowest BCUT2D eigenvalue weighted by Crippen LogP contribution is -2.48. The molecule has 0 N–H and O–H groups in total. The Kier molecular flexibility index (Phi) is 3.55. The largest absolute Gasteiger partial charge is 0.465 e. The summed E-state index contributed by atoms with van der Waals surface area (Å²) in [5.74, 6) is -0.0995. The lowest BCUT2D eigenvalue weighted by atomic mass is 9.99. The maximum Gasteiger partial charge on any atom is 0.363 e. The number of anilines is 1. The zero-order chi connectivity index (χ0) is 15.6. The molecule has 0 aliphatic carbocycles. The number of ether oxygens (including phenoxy) is 1. The Morgan fingerprint density at radius 2 is 1.68 bits per heavy atom. The fourth-order valence-electron chi connectivity index (χ4n) is 2.54. The Bertz CT molecular complexity index is 700. The highest BCUT2D eigenvalue weighted by Gasteiger charge is 2.53. The molecular weight excluding hydrogens is 280 g/mol. The van der Waals surface area contributed by atoms with Gasteiger partial charge in [-0.05, 0) is 12.1 Å². The second-order valence-electron chi connectivity index (χ2n) is 4.88. The van der Waals surface area contributed by atoms with E-state index in [0.29, 0.717) is 11.5 Å². The molecule has 22 heavy (non-hydrogen) atoms. The van der Waals surface area contributed by atoms with E-state index in [1.165, 1.54) is 12.2 Å². The van der Waals surface area contributed by atoms with E-state index in [9.17, 15) is 4.79 Å². The topological polar surface area (TPSA) is 51.1 Å². The van der Waals surface area contributed by atoms with Crippen LogP contribution in [0.15, 0.2) is 65.7 Å². The normalized spacial score (nSPS) is 20.3. The Balaban J connectivity index is 2.20. The highest BCUT2D eigenvalue weighted by atomic mass is 16.7. The van der Waals surface area contributed by atoms with Gasteiger partial charge in [0, 0.05) is 12.5 Å². The van der Waals surface area contributed by atoms with Crippen LogP contribution in [0.4, 0.5) is 5.69 Å². The first-order valence-electron chi connectivity index (χ1n) is 6.92. The summed E-state index contributed by atoms with van der Waals surface area (Å²) in [6.07, 6.45) is 0. The third-order valence-electron chi connectivity index (χ3n) is 3.47. The monoisotopic (exact) mass is 296 g/mol. The van der Waals surface area contributed by atoms with Crippen molar-refractivity contribution >= 4 is 17.6 Å². The lowest BCUT2D eigenvalue weighted by molar-refractivity contribution is -0.148. The number of nitrogens with zero attached hydrogens (tertiary/aromatic N) is 2. The Morgan fingerprint density at radius 1 is 1.09 bits per heavy atom. The fraction of sp³-hybridized carbons (Fsp3) is 0.176. The molecule has 1 heterocycles.